The topological polar surface area (TPSA) is 106 Å². The number of benzene rings is 2. The molecule has 7 nitrogen and oxygen atoms in total. The van der Waals surface area contributed by atoms with Crippen LogP contribution in [0.15, 0.2) is 42.7 Å². The van der Waals surface area contributed by atoms with Gasteiger partial charge in [-0.2, -0.15) is 0 Å². The maximum absolute atomic E-state index is 14.1. The van der Waals surface area contributed by atoms with Crippen LogP contribution < -0.4 is 5.73 Å². The smallest absolute Gasteiger partial charge is 0.183 e. The first-order chi connectivity index (χ1) is 14.9. The van der Waals surface area contributed by atoms with Crippen LogP contribution in [0.1, 0.15) is 24.4 Å². The van der Waals surface area contributed by atoms with E-state index in [0.717, 1.165) is 0 Å². The Bertz CT molecular complexity index is 1470. The molecule has 3 aromatic heterocycles. The van der Waals surface area contributed by atoms with Crippen LogP contribution >= 0.6 is 23.2 Å². The second-order valence-electron chi connectivity index (χ2n) is 6.98. The summed E-state index contributed by atoms with van der Waals surface area (Å²) in [6.45, 7) is 1.87. The highest BCUT2D eigenvalue weighted by molar-refractivity contribution is 6.35. The number of aromatic nitrogens is 6. The van der Waals surface area contributed by atoms with Crippen LogP contribution in [0.2, 0.25) is 10.0 Å². The molecular weight excluding hydrogens is 440 g/mol. The third-order valence-electron chi connectivity index (χ3n) is 4.98. The minimum atomic E-state index is -0.450. The number of hydrogen-bond acceptors (Lipinski definition) is 6. The fraction of sp³-hybridized carbons (Fsp3) is 0.0952. The normalized spacial score (nSPS) is 12.5. The van der Waals surface area contributed by atoms with Gasteiger partial charge in [-0.1, -0.05) is 29.3 Å². The number of para-hydroxylation sites is 1. The number of hydrogen-bond donors (Lipinski definition) is 2. The first-order valence-electron chi connectivity index (χ1n) is 9.30. The van der Waals surface area contributed by atoms with Crippen molar-refractivity contribution in [3.63, 3.8) is 0 Å². The van der Waals surface area contributed by atoms with E-state index in [2.05, 4.69) is 19.9 Å². The summed E-state index contributed by atoms with van der Waals surface area (Å²) in [5.41, 5.74) is 9.44. The first kappa shape index (κ1) is 19.6. The number of nitrogen functional groups attached to an aromatic ring is 1. The van der Waals surface area contributed by atoms with Crippen molar-refractivity contribution in [2.45, 2.75) is 12.8 Å². The summed E-state index contributed by atoms with van der Waals surface area (Å²) in [6.07, 6.45) is 1.50. The second-order valence-corrected chi connectivity index (χ2v) is 7.79. The summed E-state index contributed by atoms with van der Waals surface area (Å²) < 4.78 is 14.1. The van der Waals surface area contributed by atoms with Crippen LogP contribution in [-0.2, 0) is 0 Å². The molecular formula is C21H14Cl2FN7. The minimum absolute atomic E-state index is 0.270. The molecule has 0 saturated heterocycles. The van der Waals surface area contributed by atoms with E-state index in [1.165, 1.54) is 24.5 Å². The molecule has 2 aromatic carbocycles. The zero-order valence-electron chi connectivity index (χ0n) is 16.1. The van der Waals surface area contributed by atoms with E-state index in [-0.39, 0.29) is 5.82 Å². The van der Waals surface area contributed by atoms with Crippen molar-refractivity contribution in [1.29, 1.82) is 0 Å². The number of nitrogens with one attached hydrogen (secondary N) is 1. The van der Waals surface area contributed by atoms with Crippen molar-refractivity contribution in [2.24, 2.45) is 0 Å². The molecule has 0 fully saturated rings. The molecule has 0 aliphatic rings. The predicted molar refractivity (Wildman–Crippen MR) is 119 cm³/mol. The Morgan fingerprint density at radius 3 is 2.71 bits per heavy atom. The molecule has 0 saturated carbocycles. The molecule has 10 heteroatoms. The average molecular weight is 454 g/mol. The van der Waals surface area contributed by atoms with Crippen LogP contribution in [0.3, 0.4) is 0 Å². The van der Waals surface area contributed by atoms with Gasteiger partial charge in [-0.25, -0.2) is 29.3 Å². The average Bonchev–Trinajstić information content (AvgIpc) is 3.24. The highest BCUT2D eigenvalue weighted by Gasteiger charge is 2.24. The van der Waals surface area contributed by atoms with Crippen LogP contribution in [0, 0.1) is 5.82 Å². The van der Waals surface area contributed by atoms with Gasteiger partial charge in [-0.3, -0.25) is 0 Å². The lowest BCUT2D eigenvalue weighted by Crippen LogP contribution is -2.10. The Morgan fingerprint density at radius 2 is 1.87 bits per heavy atom. The van der Waals surface area contributed by atoms with E-state index in [1.807, 2.05) is 6.92 Å². The molecule has 154 valence electrons. The third kappa shape index (κ3) is 3.34. The van der Waals surface area contributed by atoms with Crippen molar-refractivity contribution in [3.05, 3.63) is 70.1 Å². The van der Waals surface area contributed by atoms with Crippen molar-refractivity contribution in [2.75, 3.05) is 5.73 Å². The van der Waals surface area contributed by atoms with Crippen LogP contribution in [-0.4, -0.2) is 29.9 Å². The van der Waals surface area contributed by atoms with Gasteiger partial charge in [0.2, 0.25) is 0 Å². The number of imidazole rings is 1. The van der Waals surface area contributed by atoms with E-state index >= 15 is 0 Å². The molecule has 0 aliphatic heterocycles. The fourth-order valence-electron chi connectivity index (χ4n) is 3.42. The lowest BCUT2D eigenvalue weighted by Gasteiger charge is -2.17. The van der Waals surface area contributed by atoms with Gasteiger partial charge in [0.1, 0.15) is 22.7 Å². The summed E-state index contributed by atoms with van der Waals surface area (Å²) in [6, 6.07) is 9.38. The van der Waals surface area contributed by atoms with E-state index in [1.54, 1.807) is 18.2 Å². The molecule has 0 spiro atoms. The lowest BCUT2D eigenvalue weighted by molar-refractivity contribution is 0.628. The molecule has 0 aliphatic carbocycles. The zero-order chi connectivity index (χ0) is 21.7. The van der Waals surface area contributed by atoms with Gasteiger partial charge in [-0.05, 0) is 37.3 Å². The Morgan fingerprint density at radius 1 is 1.03 bits per heavy atom. The summed E-state index contributed by atoms with van der Waals surface area (Å²) in [7, 11) is 0. The van der Waals surface area contributed by atoms with Crippen molar-refractivity contribution in [3.8, 4) is 11.3 Å². The number of aromatic amines is 1. The number of halogens is 3. The van der Waals surface area contributed by atoms with E-state index in [4.69, 9.17) is 38.9 Å². The minimum Gasteiger partial charge on any atom is -0.382 e. The maximum Gasteiger partial charge on any atom is 0.183 e. The summed E-state index contributed by atoms with van der Waals surface area (Å²) in [4.78, 5) is 25.5. The number of fused-ring (bicyclic) bond motifs is 2. The number of anilines is 1. The monoisotopic (exact) mass is 453 g/mol. The number of H-pyrrole nitrogens is 1. The first-order valence-corrected chi connectivity index (χ1v) is 10.1. The Labute approximate surface area is 185 Å². The molecule has 31 heavy (non-hydrogen) atoms. The fourth-order valence-corrected chi connectivity index (χ4v) is 3.84. The third-order valence-corrected chi connectivity index (χ3v) is 5.62. The van der Waals surface area contributed by atoms with E-state index < -0.39 is 11.7 Å². The Kier molecular flexibility index (Phi) is 4.68. The van der Waals surface area contributed by atoms with Gasteiger partial charge < -0.3 is 10.7 Å². The van der Waals surface area contributed by atoms with Crippen LogP contribution in [0.4, 0.5) is 10.2 Å². The molecule has 5 aromatic rings. The number of nitrogens with two attached hydrogens (primary N) is 1. The summed E-state index contributed by atoms with van der Waals surface area (Å²) in [5.74, 6) is -0.223. The van der Waals surface area contributed by atoms with Crippen LogP contribution in [0.25, 0.3) is 33.5 Å². The highest BCUT2D eigenvalue weighted by Crippen LogP contribution is 2.36. The summed E-state index contributed by atoms with van der Waals surface area (Å²) >= 11 is 12.7. The molecule has 0 bridgehead atoms. The lowest BCUT2D eigenvalue weighted by atomic mass is 9.99. The van der Waals surface area contributed by atoms with Crippen LogP contribution in [0.5, 0.6) is 0 Å². The molecule has 0 radical (unpaired) electrons. The number of nitrogens with zero attached hydrogens (tertiary/aromatic N) is 5. The van der Waals surface area contributed by atoms with Gasteiger partial charge in [-0.15, -0.1) is 0 Å². The highest BCUT2D eigenvalue weighted by atomic mass is 35.5. The Balaban J connectivity index is 1.79. The molecule has 5 rings (SSSR count). The van der Waals surface area contributed by atoms with Crippen molar-refractivity contribution >= 4 is 51.2 Å². The zero-order valence-corrected chi connectivity index (χ0v) is 17.6. The van der Waals surface area contributed by atoms with Gasteiger partial charge in [0, 0.05) is 5.56 Å². The Hall–Kier alpha value is -3.36. The standard InChI is InChI=1S/C21H14Cl2FN7/c1-9(20-30-19(25)18-21(31-20)27-8-26-18)15-16(11-7-10(24)5-6-12(11)22)29-17-13(23)3-2-4-14(17)28-15/h2-9H,1H3,(H3,25,26,27,30,31)/t9-/m1/s1. The largest absolute Gasteiger partial charge is 0.382 e. The molecule has 1 atom stereocenters. The van der Waals surface area contributed by atoms with Gasteiger partial charge >= 0.3 is 0 Å². The SMILES string of the molecule is C[C@@H](c1nc(N)c2[nH]cnc2n1)c1nc2cccc(Cl)c2nc1-c1cc(F)ccc1Cl. The predicted octanol–water partition coefficient (Wildman–Crippen LogP) is 5.14. The molecule has 0 unspecified atom stereocenters. The van der Waals surface area contributed by atoms with Crippen molar-refractivity contribution < 1.29 is 4.39 Å². The van der Waals surface area contributed by atoms with Gasteiger partial charge in [0.15, 0.2) is 11.5 Å². The van der Waals surface area contributed by atoms with Gasteiger partial charge in [0.25, 0.3) is 0 Å². The van der Waals surface area contributed by atoms with Gasteiger partial charge in [0.05, 0.1) is 39.2 Å². The second kappa shape index (κ2) is 7.40. The van der Waals surface area contributed by atoms with Crippen molar-refractivity contribution in [1.82, 2.24) is 29.9 Å². The number of rotatable bonds is 3. The summed E-state index contributed by atoms with van der Waals surface area (Å²) in [5, 5.41) is 0.759. The molecule has 3 N–H and O–H groups in total. The molecule has 0 amide bonds. The maximum atomic E-state index is 14.1. The molecule has 3 heterocycles. The van der Waals surface area contributed by atoms with E-state index in [0.29, 0.717) is 55.0 Å². The van der Waals surface area contributed by atoms with E-state index in [9.17, 15) is 4.39 Å². The quantitative estimate of drug-likeness (QED) is 0.391.